The van der Waals surface area contributed by atoms with Crippen LogP contribution in [0.5, 0.6) is 23.0 Å². The van der Waals surface area contributed by atoms with Crippen molar-refractivity contribution in [2.45, 2.75) is 6.92 Å². The maximum Gasteiger partial charge on any atom is 0.260 e. The Kier molecular flexibility index (Phi) is 4.19. The Bertz CT molecular complexity index is 1570. The van der Waals surface area contributed by atoms with E-state index in [1.165, 1.54) is 27.6 Å². The zero-order valence-corrected chi connectivity index (χ0v) is 18.8. The highest BCUT2D eigenvalue weighted by molar-refractivity contribution is 6.98. The summed E-state index contributed by atoms with van der Waals surface area (Å²) in [6.45, 7) is 2.21. The van der Waals surface area contributed by atoms with Gasteiger partial charge in [0.2, 0.25) is 0 Å². The van der Waals surface area contributed by atoms with Crippen molar-refractivity contribution in [3.05, 3.63) is 115 Å². The van der Waals surface area contributed by atoms with E-state index < -0.39 is 0 Å². The Morgan fingerprint density at radius 3 is 2.15 bits per heavy atom. The van der Waals surface area contributed by atoms with E-state index in [-0.39, 0.29) is 6.71 Å². The largest absolute Gasteiger partial charge is 0.458 e. The predicted molar refractivity (Wildman–Crippen MR) is 140 cm³/mol. The Labute approximate surface area is 199 Å². The summed E-state index contributed by atoms with van der Waals surface area (Å²) < 4.78 is 13.1. The smallest absolute Gasteiger partial charge is 0.260 e. The molecule has 2 aliphatic rings. The van der Waals surface area contributed by atoms with Gasteiger partial charge in [0.05, 0.1) is 0 Å². The molecule has 5 aromatic carbocycles. The molecule has 160 valence electrons. The first-order valence-corrected chi connectivity index (χ1v) is 11.6. The molecule has 2 heterocycles. The zero-order chi connectivity index (χ0) is 22.6. The standard InChI is InChI=1S/C31H21BO2/c1-20-9-5-6-12-23(20)22-15-17-28-26(19-22)32-25-13-7-8-14-27(25)33-29-18-16-24(31(34-28)30(29)32)21-10-3-2-4-11-21/h2-19H,1H3. The van der Waals surface area contributed by atoms with Crippen LogP contribution in [-0.4, -0.2) is 6.71 Å². The molecular formula is C31H21BO2. The lowest BCUT2D eigenvalue weighted by Gasteiger charge is -2.34. The molecule has 5 aromatic rings. The minimum atomic E-state index is 0.0475. The highest BCUT2D eigenvalue weighted by Gasteiger charge is 2.41. The molecule has 2 nitrogen and oxygen atoms in total. The number of hydrogen-bond donors (Lipinski definition) is 0. The zero-order valence-electron chi connectivity index (χ0n) is 18.8. The average molecular weight is 436 g/mol. The fourth-order valence-electron chi connectivity index (χ4n) is 5.35. The molecule has 0 atom stereocenters. The maximum absolute atomic E-state index is 6.67. The van der Waals surface area contributed by atoms with Crippen molar-refractivity contribution in [2.75, 3.05) is 0 Å². The molecule has 2 aliphatic heterocycles. The van der Waals surface area contributed by atoms with E-state index in [9.17, 15) is 0 Å². The van der Waals surface area contributed by atoms with Crippen molar-refractivity contribution in [1.82, 2.24) is 0 Å². The predicted octanol–water partition coefficient (Wildman–Crippen LogP) is 6.06. The summed E-state index contributed by atoms with van der Waals surface area (Å²) in [4.78, 5) is 0. The summed E-state index contributed by atoms with van der Waals surface area (Å²) in [7, 11) is 0. The molecule has 0 aliphatic carbocycles. The molecule has 0 amide bonds. The van der Waals surface area contributed by atoms with E-state index in [0.29, 0.717) is 0 Å². The van der Waals surface area contributed by atoms with Crippen LogP contribution in [0.4, 0.5) is 0 Å². The van der Waals surface area contributed by atoms with Crippen molar-refractivity contribution in [3.8, 4) is 45.3 Å². The third-order valence-corrected chi connectivity index (χ3v) is 6.97. The molecule has 0 aromatic heterocycles. The highest BCUT2D eigenvalue weighted by Crippen LogP contribution is 2.41. The van der Waals surface area contributed by atoms with Gasteiger partial charge in [0.1, 0.15) is 23.0 Å². The van der Waals surface area contributed by atoms with E-state index in [0.717, 1.165) is 39.6 Å². The van der Waals surface area contributed by atoms with Gasteiger partial charge in [0.15, 0.2) is 0 Å². The first-order chi connectivity index (χ1) is 16.8. The molecule has 0 bridgehead atoms. The molecule has 0 spiro atoms. The first kappa shape index (κ1) is 19.3. The van der Waals surface area contributed by atoms with Crippen molar-refractivity contribution >= 4 is 23.1 Å². The highest BCUT2D eigenvalue weighted by atomic mass is 16.5. The van der Waals surface area contributed by atoms with E-state index in [4.69, 9.17) is 9.47 Å². The lowest BCUT2D eigenvalue weighted by Crippen LogP contribution is -2.57. The topological polar surface area (TPSA) is 18.5 Å². The fourth-order valence-corrected chi connectivity index (χ4v) is 5.35. The SMILES string of the molecule is Cc1ccccc1-c1ccc2c(c1)B1c3ccccc3Oc3ccc(-c4ccccc4)c(c31)O2. The van der Waals surface area contributed by atoms with Crippen LogP contribution in [0.25, 0.3) is 22.3 Å². The summed E-state index contributed by atoms with van der Waals surface area (Å²) >= 11 is 0. The van der Waals surface area contributed by atoms with Crippen LogP contribution in [-0.2, 0) is 0 Å². The summed E-state index contributed by atoms with van der Waals surface area (Å²) in [5.41, 5.74) is 9.39. The molecule has 34 heavy (non-hydrogen) atoms. The molecule has 0 saturated heterocycles. The molecule has 0 N–H and O–H groups in total. The lowest BCUT2D eigenvalue weighted by molar-refractivity contribution is 0.465. The van der Waals surface area contributed by atoms with Gasteiger partial charge in [-0.15, -0.1) is 0 Å². The van der Waals surface area contributed by atoms with Crippen LogP contribution >= 0.6 is 0 Å². The Balaban J connectivity index is 1.49. The Morgan fingerprint density at radius 1 is 0.529 bits per heavy atom. The van der Waals surface area contributed by atoms with Gasteiger partial charge in [-0.1, -0.05) is 84.9 Å². The third-order valence-electron chi connectivity index (χ3n) is 6.97. The molecular weight excluding hydrogens is 415 g/mol. The van der Waals surface area contributed by atoms with Crippen molar-refractivity contribution in [2.24, 2.45) is 0 Å². The van der Waals surface area contributed by atoms with Gasteiger partial charge in [0.25, 0.3) is 6.71 Å². The van der Waals surface area contributed by atoms with E-state index in [1.54, 1.807) is 0 Å². The Morgan fingerprint density at radius 2 is 1.26 bits per heavy atom. The van der Waals surface area contributed by atoms with Gasteiger partial charge in [0, 0.05) is 11.0 Å². The second-order valence-electron chi connectivity index (χ2n) is 8.96. The molecule has 3 heteroatoms. The van der Waals surface area contributed by atoms with Crippen LogP contribution in [0, 0.1) is 6.92 Å². The number of hydrogen-bond acceptors (Lipinski definition) is 2. The second-order valence-corrected chi connectivity index (χ2v) is 8.96. The van der Waals surface area contributed by atoms with Crippen molar-refractivity contribution in [1.29, 1.82) is 0 Å². The molecule has 0 saturated carbocycles. The Hall–Kier alpha value is -4.24. The lowest BCUT2D eigenvalue weighted by atomic mass is 9.34. The second kappa shape index (κ2) is 7.39. The molecule has 0 unspecified atom stereocenters. The third kappa shape index (κ3) is 2.83. The maximum atomic E-state index is 6.67. The van der Waals surface area contributed by atoms with Crippen LogP contribution in [0.3, 0.4) is 0 Å². The number of fused-ring (bicyclic) bond motifs is 4. The number of para-hydroxylation sites is 1. The van der Waals surface area contributed by atoms with Gasteiger partial charge >= 0.3 is 0 Å². The van der Waals surface area contributed by atoms with Crippen LogP contribution in [0.2, 0.25) is 0 Å². The summed E-state index contributed by atoms with van der Waals surface area (Å²) in [5, 5.41) is 0. The van der Waals surface area contributed by atoms with Crippen molar-refractivity contribution < 1.29 is 9.47 Å². The summed E-state index contributed by atoms with van der Waals surface area (Å²) in [6.07, 6.45) is 0. The van der Waals surface area contributed by atoms with E-state index >= 15 is 0 Å². The van der Waals surface area contributed by atoms with Crippen LogP contribution in [0.15, 0.2) is 109 Å². The summed E-state index contributed by atoms with van der Waals surface area (Å²) in [6, 6.07) is 38.1. The minimum Gasteiger partial charge on any atom is -0.458 e. The first-order valence-electron chi connectivity index (χ1n) is 11.6. The molecule has 0 radical (unpaired) electrons. The van der Waals surface area contributed by atoms with Crippen molar-refractivity contribution in [3.63, 3.8) is 0 Å². The quantitative estimate of drug-likeness (QED) is 0.307. The van der Waals surface area contributed by atoms with Crippen LogP contribution < -0.4 is 25.9 Å². The average Bonchev–Trinajstić information content (AvgIpc) is 2.89. The van der Waals surface area contributed by atoms with Gasteiger partial charge < -0.3 is 9.47 Å². The van der Waals surface area contributed by atoms with Gasteiger partial charge in [-0.2, -0.15) is 0 Å². The molecule has 0 fully saturated rings. The molecule has 7 rings (SSSR count). The van der Waals surface area contributed by atoms with E-state index in [2.05, 4.69) is 104 Å². The normalized spacial score (nSPS) is 12.7. The van der Waals surface area contributed by atoms with Gasteiger partial charge in [-0.3, -0.25) is 0 Å². The number of ether oxygens (including phenoxy) is 2. The number of benzene rings is 5. The van der Waals surface area contributed by atoms with E-state index in [1.807, 2.05) is 12.1 Å². The van der Waals surface area contributed by atoms with Gasteiger partial charge in [-0.25, -0.2) is 0 Å². The summed E-state index contributed by atoms with van der Waals surface area (Å²) in [5.74, 6) is 3.57. The van der Waals surface area contributed by atoms with Crippen LogP contribution in [0.1, 0.15) is 5.56 Å². The number of aryl methyl sites for hydroxylation is 1. The monoisotopic (exact) mass is 436 g/mol. The minimum absolute atomic E-state index is 0.0475. The fraction of sp³-hybridized carbons (Fsp3) is 0.0323. The van der Waals surface area contributed by atoms with Gasteiger partial charge in [-0.05, 0) is 64.4 Å². The number of rotatable bonds is 2.